The van der Waals surface area contributed by atoms with Crippen LogP contribution in [0.4, 0.5) is 0 Å². The van der Waals surface area contributed by atoms with Gasteiger partial charge in [0.1, 0.15) is 0 Å². The fraction of sp³-hybridized carbons (Fsp3) is 0.333. The second-order valence-corrected chi connectivity index (χ2v) is 6.02. The van der Waals surface area contributed by atoms with Gasteiger partial charge in [-0.05, 0) is 0 Å². The summed E-state index contributed by atoms with van der Waals surface area (Å²) in [6.45, 7) is 2.49. The molecule has 0 N–H and O–H groups in total. The van der Waals surface area contributed by atoms with E-state index < -0.39 is 0 Å². The molecule has 0 saturated carbocycles. The van der Waals surface area contributed by atoms with E-state index in [0.29, 0.717) is 14.5 Å². The first-order valence-corrected chi connectivity index (χ1v) is 6.84. The number of likely N-dealkylation sites (tertiary alicyclic amines) is 1. The third-order valence-corrected chi connectivity index (χ3v) is 5.07. The number of hydrogen-bond donors (Lipinski definition) is 0. The molecule has 14 heavy (non-hydrogen) atoms. The summed E-state index contributed by atoms with van der Waals surface area (Å²) >= 11 is 0.597. The quantitative estimate of drug-likeness (QED) is 0.699. The molecular formula is C12H13NSe. The standard InChI is InChI=1S/C12H13NSe/c1-13-6-9(7-13)11-8-14-12-5-3-2-4-10(11)12/h2-5,8-9H,6-7H2,1H3. The number of hydrogen-bond acceptors (Lipinski definition) is 1. The van der Waals surface area contributed by atoms with Crippen LogP contribution in [0.5, 0.6) is 0 Å². The topological polar surface area (TPSA) is 3.24 Å². The van der Waals surface area contributed by atoms with Gasteiger partial charge in [-0.3, -0.25) is 0 Å². The Labute approximate surface area is 90.1 Å². The molecule has 2 heteroatoms. The van der Waals surface area contributed by atoms with Crippen molar-refractivity contribution in [3.05, 3.63) is 34.8 Å². The fourth-order valence-electron chi connectivity index (χ4n) is 2.21. The van der Waals surface area contributed by atoms with Crippen LogP contribution in [0.25, 0.3) is 9.65 Å². The molecule has 0 bridgehead atoms. The third kappa shape index (κ3) is 1.26. The first-order valence-electron chi connectivity index (χ1n) is 4.99. The van der Waals surface area contributed by atoms with Crippen LogP contribution in [0, 0.1) is 0 Å². The van der Waals surface area contributed by atoms with E-state index in [0.717, 1.165) is 5.92 Å². The van der Waals surface area contributed by atoms with E-state index >= 15 is 0 Å². The Morgan fingerprint density at radius 2 is 2.07 bits per heavy atom. The van der Waals surface area contributed by atoms with Crippen LogP contribution in [-0.4, -0.2) is 39.5 Å². The van der Waals surface area contributed by atoms with Gasteiger partial charge < -0.3 is 0 Å². The van der Waals surface area contributed by atoms with Gasteiger partial charge in [-0.25, -0.2) is 0 Å². The summed E-state index contributed by atoms with van der Waals surface area (Å²) in [5.41, 5.74) is 1.62. The second kappa shape index (κ2) is 3.23. The van der Waals surface area contributed by atoms with E-state index in [1.165, 1.54) is 18.5 Å². The summed E-state index contributed by atoms with van der Waals surface area (Å²) in [4.78, 5) is 4.87. The molecular weight excluding hydrogens is 237 g/mol. The molecule has 3 rings (SSSR count). The number of nitrogens with zero attached hydrogens (tertiary/aromatic N) is 1. The van der Waals surface area contributed by atoms with Crippen molar-refractivity contribution < 1.29 is 0 Å². The van der Waals surface area contributed by atoms with Crippen LogP contribution < -0.4 is 0 Å². The zero-order chi connectivity index (χ0) is 9.54. The summed E-state index contributed by atoms with van der Waals surface area (Å²) in [6, 6.07) is 8.89. The molecule has 2 aromatic rings. The molecule has 0 atom stereocenters. The maximum absolute atomic E-state index is 2.48. The van der Waals surface area contributed by atoms with Crippen LogP contribution in [0.2, 0.25) is 0 Å². The Morgan fingerprint density at radius 1 is 1.29 bits per heavy atom. The molecule has 0 amide bonds. The Hall–Kier alpha value is -0.561. The Bertz CT molecular complexity index is 454. The van der Waals surface area contributed by atoms with Gasteiger partial charge in [0, 0.05) is 0 Å². The van der Waals surface area contributed by atoms with Gasteiger partial charge in [-0.2, -0.15) is 0 Å². The third-order valence-electron chi connectivity index (χ3n) is 3.01. The fourth-order valence-corrected chi connectivity index (χ4v) is 4.40. The zero-order valence-electron chi connectivity index (χ0n) is 8.23. The van der Waals surface area contributed by atoms with Crippen molar-refractivity contribution in [2.45, 2.75) is 5.92 Å². The molecule has 1 saturated heterocycles. The Morgan fingerprint density at radius 3 is 2.86 bits per heavy atom. The molecule has 2 heterocycles. The van der Waals surface area contributed by atoms with Crippen LogP contribution in [0.1, 0.15) is 11.5 Å². The SMILES string of the molecule is CN1CC(c2c[se]c3ccccc23)C1. The predicted molar refractivity (Wildman–Crippen MR) is 61.1 cm³/mol. The minimum absolute atomic E-state index is 0.597. The molecule has 1 nitrogen and oxygen atoms in total. The van der Waals surface area contributed by atoms with Crippen molar-refractivity contribution in [3.8, 4) is 0 Å². The first kappa shape index (κ1) is 8.72. The number of benzene rings is 1. The molecule has 1 aliphatic rings. The average molecular weight is 250 g/mol. The molecule has 72 valence electrons. The summed E-state index contributed by atoms with van der Waals surface area (Å²) < 4.78 is 1.57. The van der Waals surface area contributed by atoms with Crippen molar-refractivity contribution in [1.82, 2.24) is 4.90 Å². The van der Waals surface area contributed by atoms with Crippen molar-refractivity contribution in [2.75, 3.05) is 20.1 Å². The van der Waals surface area contributed by atoms with Gasteiger partial charge in [-0.1, -0.05) is 0 Å². The van der Waals surface area contributed by atoms with E-state index in [9.17, 15) is 0 Å². The van der Waals surface area contributed by atoms with Crippen molar-refractivity contribution in [1.29, 1.82) is 0 Å². The normalized spacial score (nSPS) is 18.6. The molecule has 0 spiro atoms. The number of rotatable bonds is 1. The number of fused-ring (bicyclic) bond motifs is 1. The van der Waals surface area contributed by atoms with E-state index in [1.807, 2.05) is 0 Å². The Balaban J connectivity index is 2.05. The Kier molecular flexibility index (Phi) is 2.01. The summed E-state index contributed by atoms with van der Waals surface area (Å²) in [6.07, 6.45) is 0. The number of likely N-dealkylation sites (N-methyl/N-ethyl adjacent to an activating group) is 1. The van der Waals surface area contributed by atoms with Crippen LogP contribution >= 0.6 is 0 Å². The second-order valence-electron chi connectivity index (χ2n) is 4.11. The molecule has 1 aliphatic heterocycles. The van der Waals surface area contributed by atoms with Gasteiger partial charge in [0.25, 0.3) is 0 Å². The maximum atomic E-state index is 2.48. The summed E-state index contributed by atoms with van der Waals surface area (Å²) in [5, 5.41) is 1.53. The molecule has 1 aromatic carbocycles. The molecule has 1 fully saturated rings. The van der Waals surface area contributed by atoms with Gasteiger partial charge >= 0.3 is 89.9 Å². The molecule has 0 aliphatic carbocycles. The van der Waals surface area contributed by atoms with Crippen molar-refractivity contribution in [2.24, 2.45) is 0 Å². The van der Waals surface area contributed by atoms with Gasteiger partial charge in [0.15, 0.2) is 0 Å². The van der Waals surface area contributed by atoms with Crippen LogP contribution in [0.15, 0.2) is 29.2 Å². The van der Waals surface area contributed by atoms with Gasteiger partial charge in [-0.15, -0.1) is 0 Å². The average Bonchev–Trinajstić information content (AvgIpc) is 2.56. The van der Waals surface area contributed by atoms with Crippen LogP contribution in [-0.2, 0) is 0 Å². The van der Waals surface area contributed by atoms with E-state index in [2.05, 4.69) is 41.2 Å². The molecule has 1 aromatic heterocycles. The van der Waals surface area contributed by atoms with Crippen molar-refractivity contribution >= 4 is 24.1 Å². The summed E-state index contributed by atoms with van der Waals surface area (Å²) in [7, 11) is 2.20. The predicted octanol–water partition coefficient (Wildman–Crippen LogP) is 1.93. The van der Waals surface area contributed by atoms with E-state index in [1.54, 1.807) is 9.82 Å². The van der Waals surface area contributed by atoms with Crippen molar-refractivity contribution in [3.63, 3.8) is 0 Å². The van der Waals surface area contributed by atoms with Gasteiger partial charge in [0.2, 0.25) is 0 Å². The first-order chi connectivity index (χ1) is 6.84. The monoisotopic (exact) mass is 251 g/mol. The van der Waals surface area contributed by atoms with E-state index in [-0.39, 0.29) is 0 Å². The van der Waals surface area contributed by atoms with Gasteiger partial charge in [0.05, 0.1) is 0 Å². The molecule has 0 radical (unpaired) electrons. The van der Waals surface area contributed by atoms with E-state index in [4.69, 9.17) is 0 Å². The van der Waals surface area contributed by atoms with Crippen LogP contribution in [0.3, 0.4) is 0 Å². The zero-order valence-corrected chi connectivity index (χ0v) is 9.95. The molecule has 0 unspecified atom stereocenters. The minimum atomic E-state index is 0.597. The summed E-state index contributed by atoms with van der Waals surface area (Å²) in [5.74, 6) is 0.811.